The SMILES string of the molecule is CCNC(COC(C)(C)C)c1c(C)cc(C)cc1OC. The van der Waals surface area contributed by atoms with Crippen LogP contribution in [0.2, 0.25) is 0 Å². The Kier molecular flexibility index (Phi) is 6.03. The van der Waals surface area contributed by atoms with Crippen LogP contribution in [0, 0.1) is 13.8 Å². The fourth-order valence-electron chi connectivity index (χ4n) is 2.38. The highest BCUT2D eigenvalue weighted by Gasteiger charge is 2.21. The molecule has 3 nitrogen and oxygen atoms in total. The average Bonchev–Trinajstić information content (AvgIpc) is 2.33. The molecule has 1 N–H and O–H groups in total. The van der Waals surface area contributed by atoms with Crippen molar-refractivity contribution in [3.05, 3.63) is 28.8 Å². The number of rotatable bonds is 6. The van der Waals surface area contributed by atoms with Gasteiger partial charge in [-0.25, -0.2) is 0 Å². The maximum Gasteiger partial charge on any atom is 0.124 e. The van der Waals surface area contributed by atoms with Crippen molar-refractivity contribution >= 4 is 0 Å². The number of methoxy groups -OCH3 is 1. The standard InChI is InChI=1S/C17H29NO2/c1-8-18-14(11-20-17(4,5)6)16-13(3)9-12(2)10-15(16)19-7/h9-10,14,18H,8,11H2,1-7H3. The zero-order valence-corrected chi connectivity index (χ0v) is 14.0. The molecule has 0 aromatic heterocycles. The van der Waals surface area contributed by atoms with Crippen LogP contribution in [0.25, 0.3) is 0 Å². The number of ether oxygens (including phenoxy) is 2. The molecule has 20 heavy (non-hydrogen) atoms. The molecule has 0 fully saturated rings. The van der Waals surface area contributed by atoms with Crippen LogP contribution in [-0.2, 0) is 4.74 Å². The van der Waals surface area contributed by atoms with Gasteiger partial charge in [0.25, 0.3) is 0 Å². The summed E-state index contributed by atoms with van der Waals surface area (Å²) >= 11 is 0. The molecule has 114 valence electrons. The van der Waals surface area contributed by atoms with E-state index in [9.17, 15) is 0 Å². The second-order valence-corrected chi connectivity index (χ2v) is 6.23. The van der Waals surface area contributed by atoms with Gasteiger partial charge in [0.05, 0.1) is 25.4 Å². The van der Waals surface area contributed by atoms with Gasteiger partial charge in [-0.1, -0.05) is 13.0 Å². The van der Waals surface area contributed by atoms with Crippen molar-refractivity contribution in [3.8, 4) is 5.75 Å². The summed E-state index contributed by atoms with van der Waals surface area (Å²) < 4.78 is 11.5. The van der Waals surface area contributed by atoms with Crippen LogP contribution >= 0.6 is 0 Å². The maximum atomic E-state index is 5.97. The molecule has 0 aliphatic rings. The van der Waals surface area contributed by atoms with Crippen molar-refractivity contribution in [3.63, 3.8) is 0 Å². The fourth-order valence-corrected chi connectivity index (χ4v) is 2.38. The van der Waals surface area contributed by atoms with Crippen LogP contribution in [0.3, 0.4) is 0 Å². The van der Waals surface area contributed by atoms with E-state index in [-0.39, 0.29) is 11.6 Å². The Balaban J connectivity index is 3.07. The lowest BCUT2D eigenvalue weighted by Crippen LogP contribution is -2.31. The molecule has 3 heteroatoms. The first kappa shape index (κ1) is 17.0. The lowest BCUT2D eigenvalue weighted by molar-refractivity contribution is -0.0149. The molecule has 0 spiro atoms. The van der Waals surface area contributed by atoms with Crippen molar-refractivity contribution in [1.29, 1.82) is 0 Å². The quantitative estimate of drug-likeness (QED) is 0.859. The molecule has 1 aromatic rings. The van der Waals surface area contributed by atoms with Crippen LogP contribution in [0.5, 0.6) is 5.75 Å². The van der Waals surface area contributed by atoms with E-state index in [0.717, 1.165) is 12.3 Å². The third kappa shape index (κ3) is 4.80. The first-order valence-corrected chi connectivity index (χ1v) is 7.31. The summed E-state index contributed by atoms with van der Waals surface area (Å²) in [5, 5.41) is 3.50. The van der Waals surface area contributed by atoms with E-state index in [1.54, 1.807) is 7.11 Å². The van der Waals surface area contributed by atoms with Gasteiger partial charge in [0.1, 0.15) is 5.75 Å². The summed E-state index contributed by atoms with van der Waals surface area (Å²) in [5.41, 5.74) is 3.52. The van der Waals surface area contributed by atoms with Gasteiger partial charge in [0, 0.05) is 5.56 Å². The molecular formula is C17H29NO2. The number of hydrogen-bond acceptors (Lipinski definition) is 3. The Morgan fingerprint density at radius 2 is 1.85 bits per heavy atom. The van der Waals surface area contributed by atoms with Crippen LogP contribution in [0.4, 0.5) is 0 Å². The highest BCUT2D eigenvalue weighted by Crippen LogP contribution is 2.31. The van der Waals surface area contributed by atoms with E-state index in [0.29, 0.717) is 6.61 Å². The Bertz CT molecular complexity index is 435. The summed E-state index contributed by atoms with van der Waals surface area (Å²) in [5.74, 6) is 0.936. The van der Waals surface area contributed by atoms with E-state index in [2.05, 4.69) is 59.0 Å². The van der Waals surface area contributed by atoms with Gasteiger partial charge in [0.2, 0.25) is 0 Å². The normalized spacial score (nSPS) is 13.3. The Labute approximate surface area is 123 Å². The van der Waals surface area contributed by atoms with Gasteiger partial charge in [-0.3, -0.25) is 0 Å². The molecular weight excluding hydrogens is 250 g/mol. The molecule has 1 rings (SSSR count). The highest BCUT2D eigenvalue weighted by molar-refractivity contribution is 5.45. The number of likely N-dealkylation sites (N-methyl/N-ethyl adjacent to an activating group) is 1. The number of nitrogens with one attached hydrogen (secondary N) is 1. The van der Waals surface area contributed by atoms with Gasteiger partial charge in [-0.15, -0.1) is 0 Å². The summed E-state index contributed by atoms with van der Waals surface area (Å²) in [4.78, 5) is 0. The maximum absolute atomic E-state index is 5.97. The minimum absolute atomic E-state index is 0.139. The summed E-state index contributed by atoms with van der Waals surface area (Å²) in [7, 11) is 1.73. The van der Waals surface area contributed by atoms with Crippen molar-refractivity contribution in [1.82, 2.24) is 5.32 Å². The smallest absolute Gasteiger partial charge is 0.124 e. The Morgan fingerprint density at radius 1 is 1.20 bits per heavy atom. The van der Waals surface area contributed by atoms with E-state index >= 15 is 0 Å². The lowest BCUT2D eigenvalue weighted by atomic mass is 9.98. The molecule has 0 aliphatic heterocycles. The number of hydrogen-bond donors (Lipinski definition) is 1. The predicted octanol–water partition coefficient (Wildman–Crippen LogP) is 3.78. The summed E-state index contributed by atoms with van der Waals surface area (Å²) in [6, 6.07) is 4.43. The number of benzene rings is 1. The highest BCUT2D eigenvalue weighted by atomic mass is 16.5. The minimum atomic E-state index is -0.139. The first-order valence-electron chi connectivity index (χ1n) is 7.31. The van der Waals surface area contributed by atoms with Crippen molar-refractivity contribution in [2.24, 2.45) is 0 Å². The second-order valence-electron chi connectivity index (χ2n) is 6.23. The van der Waals surface area contributed by atoms with Gasteiger partial charge in [-0.2, -0.15) is 0 Å². The van der Waals surface area contributed by atoms with Crippen LogP contribution in [0.1, 0.15) is 50.4 Å². The molecule has 0 aliphatic carbocycles. The third-order valence-electron chi connectivity index (χ3n) is 3.20. The Hall–Kier alpha value is -1.06. The summed E-state index contributed by atoms with van der Waals surface area (Å²) in [6.07, 6.45) is 0. The molecule has 1 unspecified atom stereocenters. The van der Waals surface area contributed by atoms with E-state index in [1.807, 2.05) is 0 Å². The molecule has 0 radical (unpaired) electrons. The molecule has 0 saturated heterocycles. The number of aryl methyl sites for hydroxylation is 2. The van der Waals surface area contributed by atoms with Crippen molar-refractivity contribution in [2.45, 2.75) is 53.2 Å². The van der Waals surface area contributed by atoms with Gasteiger partial charge in [-0.05, 0) is 58.4 Å². The topological polar surface area (TPSA) is 30.5 Å². The van der Waals surface area contributed by atoms with E-state index in [4.69, 9.17) is 9.47 Å². The predicted molar refractivity (Wildman–Crippen MR) is 84.6 cm³/mol. The molecule has 0 heterocycles. The molecule has 0 amide bonds. The van der Waals surface area contributed by atoms with Gasteiger partial charge in [0.15, 0.2) is 0 Å². The first-order chi connectivity index (χ1) is 9.28. The third-order valence-corrected chi connectivity index (χ3v) is 3.20. The molecule has 0 saturated carbocycles. The van der Waals surface area contributed by atoms with Crippen LogP contribution in [0.15, 0.2) is 12.1 Å². The van der Waals surface area contributed by atoms with Crippen molar-refractivity contribution < 1.29 is 9.47 Å². The molecule has 1 atom stereocenters. The summed E-state index contributed by atoms with van der Waals surface area (Å²) in [6.45, 7) is 14.1. The Morgan fingerprint density at radius 3 is 2.35 bits per heavy atom. The largest absolute Gasteiger partial charge is 0.496 e. The van der Waals surface area contributed by atoms with E-state index in [1.165, 1.54) is 16.7 Å². The average molecular weight is 279 g/mol. The van der Waals surface area contributed by atoms with Gasteiger partial charge < -0.3 is 14.8 Å². The van der Waals surface area contributed by atoms with Crippen molar-refractivity contribution in [2.75, 3.05) is 20.3 Å². The second kappa shape index (κ2) is 7.09. The zero-order chi connectivity index (χ0) is 15.3. The molecule has 0 bridgehead atoms. The fraction of sp³-hybridized carbons (Fsp3) is 0.647. The van der Waals surface area contributed by atoms with E-state index < -0.39 is 0 Å². The van der Waals surface area contributed by atoms with Gasteiger partial charge >= 0.3 is 0 Å². The lowest BCUT2D eigenvalue weighted by Gasteiger charge is -2.27. The monoisotopic (exact) mass is 279 g/mol. The molecule has 1 aromatic carbocycles. The zero-order valence-electron chi connectivity index (χ0n) is 14.0. The van der Waals surface area contributed by atoms with Crippen LogP contribution < -0.4 is 10.1 Å². The minimum Gasteiger partial charge on any atom is -0.496 e. The van der Waals surface area contributed by atoms with Crippen LogP contribution in [-0.4, -0.2) is 25.9 Å².